The van der Waals surface area contributed by atoms with Gasteiger partial charge in [0, 0.05) is 12.6 Å². The maximum Gasteiger partial charge on any atom is 0.335 e. The third-order valence-electron chi connectivity index (χ3n) is 3.06. The number of aromatic carboxylic acids is 1. The molecule has 0 radical (unpaired) electrons. The van der Waals surface area contributed by atoms with Crippen molar-refractivity contribution in [3.8, 4) is 0 Å². The molecule has 0 fully saturated rings. The largest absolute Gasteiger partial charge is 0.478 e. The zero-order valence-electron chi connectivity index (χ0n) is 11.9. The van der Waals surface area contributed by atoms with Gasteiger partial charge < -0.3 is 10.4 Å². The van der Waals surface area contributed by atoms with Crippen LogP contribution in [0.1, 0.15) is 21.5 Å². The van der Waals surface area contributed by atoms with Crippen molar-refractivity contribution in [3.05, 3.63) is 75.3 Å². The first-order chi connectivity index (χ1) is 11.0. The number of carboxylic acids is 1. The fourth-order valence-corrected chi connectivity index (χ4v) is 2.20. The maximum absolute atomic E-state index is 11.8. The smallest absolute Gasteiger partial charge is 0.335 e. The van der Waals surface area contributed by atoms with E-state index in [4.69, 9.17) is 28.3 Å². The molecule has 0 aliphatic carbocycles. The zero-order valence-corrected chi connectivity index (χ0v) is 13.4. The van der Waals surface area contributed by atoms with E-state index in [1.165, 1.54) is 18.2 Å². The van der Waals surface area contributed by atoms with Gasteiger partial charge in [0.1, 0.15) is 0 Å². The molecule has 0 aliphatic heterocycles. The van der Waals surface area contributed by atoms with E-state index in [9.17, 15) is 9.59 Å². The van der Waals surface area contributed by atoms with Crippen LogP contribution in [0.25, 0.3) is 6.08 Å². The molecule has 0 saturated heterocycles. The SMILES string of the molecule is O=C(/C=C/c1cccc(Cl)c1Cl)NCc1ccc(C(=O)O)cc1. The number of halogens is 2. The van der Waals surface area contributed by atoms with Gasteiger partial charge in [0.25, 0.3) is 0 Å². The van der Waals surface area contributed by atoms with E-state index in [0.717, 1.165) is 5.56 Å². The lowest BCUT2D eigenvalue weighted by Gasteiger charge is -2.04. The Morgan fingerprint density at radius 2 is 1.78 bits per heavy atom. The van der Waals surface area contributed by atoms with Crippen LogP contribution in [0.5, 0.6) is 0 Å². The first kappa shape index (κ1) is 17.1. The summed E-state index contributed by atoms with van der Waals surface area (Å²) in [7, 11) is 0. The van der Waals surface area contributed by atoms with Gasteiger partial charge in [-0.05, 0) is 35.4 Å². The van der Waals surface area contributed by atoms with E-state index in [1.54, 1.807) is 36.4 Å². The normalized spacial score (nSPS) is 10.7. The highest BCUT2D eigenvalue weighted by molar-refractivity contribution is 6.42. The average Bonchev–Trinajstić information content (AvgIpc) is 2.54. The zero-order chi connectivity index (χ0) is 16.8. The fourth-order valence-electron chi connectivity index (χ4n) is 1.83. The molecule has 0 saturated carbocycles. The Bertz CT molecular complexity index is 755. The van der Waals surface area contributed by atoms with Crippen LogP contribution >= 0.6 is 23.2 Å². The monoisotopic (exact) mass is 349 g/mol. The van der Waals surface area contributed by atoms with Crippen molar-refractivity contribution in [2.75, 3.05) is 0 Å². The van der Waals surface area contributed by atoms with E-state index < -0.39 is 5.97 Å². The highest BCUT2D eigenvalue weighted by Crippen LogP contribution is 2.26. The molecule has 2 aromatic carbocycles. The van der Waals surface area contributed by atoms with Gasteiger partial charge >= 0.3 is 5.97 Å². The number of benzene rings is 2. The van der Waals surface area contributed by atoms with E-state index in [1.807, 2.05) is 0 Å². The van der Waals surface area contributed by atoms with Gasteiger partial charge in [0.05, 0.1) is 15.6 Å². The van der Waals surface area contributed by atoms with Crippen LogP contribution in [-0.4, -0.2) is 17.0 Å². The van der Waals surface area contributed by atoms with Gasteiger partial charge in [-0.25, -0.2) is 4.79 Å². The molecule has 23 heavy (non-hydrogen) atoms. The summed E-state index contributed by atoms with van der Waals surface area (Å²) >= 11 is 11.9. The van der Waals surface area contributed by atoms with Gasteiger partial charge in [-0.2, -0.15) is 0 Å². The molecule has 0 heterocycles. The van der Waals surface area contributed by atoms with Crippen molar-refractivity contribution in [3.63, 3.8) is 0 Å². The molecule has 0 unspecified atom stereocenters. The van der Waals surface area contributed by atoms with Crippen LogP contribution < -0.4 is 5.32 Å². The maximum atomic E-state index is 11.8. The summed E-state index contributed by atoms with van der Waals surface area (Å²) in [5, 5.41) is 12.3. The standard InChI is InChI=1S/C17H13Cl2NO3/c18-14-3-1-2-12(16(14)19)8-9-15(21)20-10-11-4-6-13(7-5-11)17(22)23/h1-9H,10H2,(H,20,21)(H,22,23)/b9-8+. The van der Waals surface area contributed by atoms with E-state index in [-0.39, 0.29) is 11.5 Å². The summed E-state index contributed by atoms with van der Waals surface area (Å²) in [5.41, 5.74) is 1.66. The van der Waals surface area contributed by atoms with Crippen LogP contribution in [0.2, 0.25) is 10.0 Å². The molecule has 118 valence electrons. The third kappa shape index (κ3) is 4.84. The predicted molar refractivity (Wildman–Crippen MR) is 90.7 cm³/mol. The minimum atomic E-state index is -0.984. The van der Waals surface area contributed by atoms with E-state index in [0.29, 0.717) is 22.2 Å². The molecule has 2 aromatic rings. The highest BCUT2D eigenvalue weighted by Gasteiger charge is 2.04. The molecule has 2 rings (SSSR count). The number of hydrogen-bond donors (Lipinski definition) is 2. The molecule has 4 nitrogen and oxygen atoms in total. The fraction of sp³-hybridized carbons (Fsp3) is 0.0588. The number of carbonyl (C=O) groups is 2. The van der Waals surface area contributed by atoms with Crippen LogP contribution in [0, 0.1) is 0 Å². The summed E-state index contributed by atoms with van der Waals surface area (Å²) in [6, 6.07) is 11.5. The number of hydrogen-bond acceptors (Lipinski definition) is 2. The molecule has 0 atom stereocenters. The number of amides is 1. The molecule has 0 bridgehead atoms. The van der Waals surface area contributed by atoms with Crippen molar-refractivity contribution in [1.82, 2.24) is 5.32 Å². The van der Waals surface area contributed by atoms with Crippen molar-refractivity contribution < 1.29 is 14.7 Å². The average molecular weight is 350 g/mol. The van der Waals surface area contributed by atoms with Crippen LogP contribution in [-0.2, 0) is 11.3 Å². The van der Waals surface area contributed by atoms with Crippen molar-refractivity contribution >= 4 is 41.2 Å². The van der Waals surface area contributed by atoms with E-state index in [2.05, 4.69) is 5.32 Å². The summed E-state index contributed by atoms with van der Waals surface area (Å²) in [6.07, 6.45) is 2.94. The lowest BCUT2D eigenvalue weighted by molar-refractivity contribution is -0.116. The molecule has 1 amide bonds. The Balaban J connectivity index is 1.93. The lowest BCUT2D eigenvalue weighted by Crippen LogP contribution is -2.20. The summed E-state index contributed by atoms with van der Waals surface area (Å²) in [4.78, 5) is 22.5. The summed E-state index contributed by atoms with van der Waals surface area (Å²) in [5.74, 6) is -1.27. The minimum Gasteiger partial charge on any atom is -0.478 e. The number of rotatable bonds is 5. The minimum absolute atomic E-state index is 0.204. The van der Waals surface area contributed by atoms with Gasteiger partial charge in [0.2, 0.25) is 5.91 Å². The first-order valence-electron chi connectivity index (χ1n) is 6.69. The van der Waals surface area contributed by atoms with Crippen LogP contribution in [0.4, 0.5) is 0 Å². The predicted octanol–water partition coefficient (Wildman–Crippen LogP) is 4.02. The Hall–Kier alpha value is -2.30. The Morgan fingerprint density at radius 3 is 2.43 bits per heavy atom. The molecule has 0 spiro atoms. The Morgan fingerprint density at radius 1 is 1.09 bits per heavy atom. The quantitative estimate of drug-likeness (QED) is 0.801. The molecule has 0 aliphatic rings. The third-order valence-corrected chi connectivity index (χ3v) is 3.90. The van der Waals surface area contributed by atoms with Gasteiger partial charge in [-0.15, -0.1) is 0 Å². The summed E-state index contributed by atoms with van der Waals surface area (Å²) < 4.78 is 0. The number of nitrogens with one attached hydrogen (secondary N) is 1. The number of carbonyl (C=O) groups excluding carboxylic acids is 1. The van der Waals surface area contributed by atoms with Crippen LogP contribution in [0.15, 0.2) is 48.5 Å². The van der Waals surface area contributed by atoms with E-state index >= 15 is 0 Å². The van der Waals surface area contributed by atoms with Crippen molar-refractivity contribution in [2.45, 2.75) is 6.54 Å². The van der Waals surface area contributed by atoms with Crippen molar-refractivity contribution in [2.24, 2.45) is 0 Å². The van der Waals surface area contributed by atoms with Crippen molar-refractivity contribution in [1.29, 1.82) is 0 Å². The Labute approximate surface area is 143 Å². The first-order valence-corrected chi connectivity index (χ1v) is 7.45. The highest BCUT2D eigenvalue weighted by atomic mass is 35.5. The number of carboxylic acid groups (broad SMARTS) is 1. The van der Waals surface area contributed by atoms with Crippen LogP contribution in [0.3, 0.4) is 0 Å². The summed E-state index contributed by atoms with van der Waals surface area (Å²) in [6.45, 7) is 0.298. The molecular formula is C17H13Cl2NO3. The topological polar surface area (TPSA) is 66.4 Å². The second-order valence-corrected chi connectivity index (χ2v) is 5.48. The Kier molecular flexibility index (Phi) is 5.79. The molecule has 2 N–H and O–H groups in total. The molecular weight excluding hydrogens is 337 g/mol. The van der Waals surface area contributed by atoms with Gasteiger partial charge in [0.15, 0.2) is 0 Å². The second kappa shape index (κ2) is 7.81. The second-order valence-electron chi connectivity index (χ2n) is 4.70. The molecule has 6 heteroatoms. The van der Waals surface area contributed by atoms with Gasteiger partial charge in [-0.1, -0.05) is 47.5 Å². The van der Waals surface area contributed by atoms with Gasteiger partial charge in [-0.3, -0.25) is 4.79 Å². The lowest BCUT2D eigenvalue weighted by atomic mass is 10.1. The molecule has 0 aromatic heterocycles.